The molecule has 0 saturated heterocycles. The number of benzene rings is 1. The minimum atomic E-state index is 0.185. The quantitative estimate of drug-likeness (QED) is 0.913. The molecule has 0 spiro atoms. The van der Waals surface area contributed by atoms with Crippen LogP contribution in [0.3, 0.4) is 0 Å². The molecule has 0 fully saturated rings. The fraction of sp³-hybridized carbons (Fsp3) is 0.562. The summed E-state index contributed by atoms with van der Waals surface area (Å²) in [6.45, 7) is 12.8. The van der Waals surface area contributed by atoms with E-state index in [1.54, 1.807) is 0 Å². The maximum atomic E-state index is 4.64. The highest BCUT2D eigenvalue weighted by Crippen LogP contribution is 2.18. The van der Waals surface area contributed by atoms with Crippen LogP contribution in [0, 0.1) is 6.92 Å². The zero-order chi connectivity index (χ0) is 14.0. The van der Waals surface area contributed by atoms with Crippen LogP contribution in [0.25, 0.3) is 11.0 Å². The first-order chi connectivity index (χ1) is 8.90. The molecule has 0 bridgehead atoms. The van der Waals surface area contributed by atoms with E-state index in [4.69, 9.17) is 0 Å². The number of fused-ring (bicyclic) bond motifs is 1. The highest BCUT2D eigenvalue weighted by Gasteiger charge is 2.09. The Morgan fingerprint density at radius 1 is 1.26 bits per heavy atom. The van der Waals surface area contributed by atoms with Crippen LogP contribution in [0.2, 0.25) is 0 Å². The molecule has 0 aliphatic carbocycles. The minimum Gasteiger partial charge on any atom is -0.329 e. The third-order valence-corrected chi connectivity index (χ3v) is 3.39. The Bertz CT molecular complexity index is 561. The largest absolute Gasteiger partial charge is 0.329 e. The Morgan fingerprint density at radius 3 is 2.63 bits per heavy atom. The molecule has 1 heterocycles. The van der Waals surface area contributed by atoms with Gasteiger partial charge < -0.3 is 9.88 Å². The number of nitrogens with one attached hydrogen (secondary N) is 1. The number of hydrogen-bond donors (Lipinski definition) is 1. The Morgan fingerprint density at radius 2 is 2.00 bits per heavy atom. The van der Waals surface area contributed by atoms with E-state index in [0.29, 0.717) is 0 Å². The molecule has 0 aliphatic rings. The molecule has 2 aromatic rings. The van der Waals surface area contributed by atoms with Crippen LogP contribution in [0.1, 0.15) is 39.1 Å². The summed E-state index contributed by atoms with van der Waals surface area (Å²) in [5, 5.41) is 3.52. The summed E-state index contributed by atoms with van der Waals surface area (Å²) in [6, 6.07) is 6.64. The molecule has 0 aliphatic heterocycles. The molecule has 0 unspecified atom stereocenters. The molecule has 2 rings (SSSR count). The Balaban J connectivity index is 2.14. The van der Waals surface area contributed by atoms with Crippen LogP contribution in [0.15, 0.2) is 18.2 Å². The van der Waals surface area contributed by atoms with Crippen LogP contribution >= 0.6 is 0 Å². The van der Waals surface area contributed by atoms with Crippen LogP contribution in [0.5, 0.6) is 0 Å². The van der Waals surface area contributed by atoms with Crippen molar-refractivity contribution in [3.63, 3.8) is 0 Å². The summed E-state index contributed by atoms with van der Waals surface area (Å²) in [7, 11) is 0. The monoisotopic (exact) mass is 259 g/mol. The van der Waals surface area contributed by atoms with Crippen molar-refractivity contribution in [2.75, 3.05) is 6.54 Å². The van der Waals surface area contributed by atoms with Gasteiger partial charge in [-0.1, -0.05) is 6.07 Å². The summed E-state index contributed by atoms with van der Waals surface area (Å²) in [6.07, 6.45) is 1.05. The number of nitrogens with zero attached hydrogens (tertiary/aromatic N) is 2. The number of imidazole rings is 1. The maximum absolute atomic E-state index is 4.64. The van der Waals surface area contributed by atoms with Gasteiger partial charge in [0.1, 0.15) is 5.82 Å². The molecule has 1 aromatic heterocycles. The molecule has 1 aromatic carbocycles. The average Bonchev–Trinajstić information content (AvgIpc) is 2.61. The number of aromatic nitrogens is 2. The van der Waals surface area contributed by atoms with E-state index in [9.17, 15) is 0 Å². The first-order valence-electron chi connectivity index (χ1n) is 7.11. The van der Waals surface area contributed by atoms with Crippen LogP contribution in [0.4, 0.5) is 0 Å². The fourth-order valence-electron chi connectivity index (χ4n) is 2.43. The molecule has 0 saturated carbocycles. The van der Waals surface area contributed by atoms with Gasteiger partial charge in [-0.2, -0.15) is 0 Å². The topological polar surface area (TPSA) is 29.9 Å². The lowest BCUT2D eigenvalue weighted by Gasteiger charge is -2.20. The molecule has 0 radical (unpaired) electrons. The van der Waals surface area contributed by atoms with Crippen molar-refractivity contribution in [2.45, 2.75) is 53.1 Å². The molecule has 19 heavy (non-hydrogen) atoms. The molecule has 0 atom stereocenters. The van der Waals surface area contributed by atoms with Crippen molar-refractivity contribution >= 4 is 11.0 Å². The van der Waals surface area contributed by atoms with Crippen LogP contribution in [-0.2, 0) is 13.0 Å². The third-order valence-electron chi connectivity index (χ3n) is 3.39. The zero-order valence-corrected chi connectivity index (χ0v) is 12.7. The Hall–Kier alpha value is -1.35. The van der Waals surface area contributed by atoms with Crippen LogP contribution < -0.4 is 5.32 Å². The Labute approximate surface area is 116 Å². The third kappa shape index (κ3) is 3.35. The second kappa shape index (κ2) is 5.33. The SMILES string of the molecule is CCn1c(C)nc2cc(CCNC(C)(C)C)ccc21. The predicted molar refractivity (Wildman–Crippen MR) is 81.6 cm³/mol. The lowest BCUT2D eigenvalue weighted by Crippen LogP contribution is -2.37. The van der Waals surface area contributed by atoms with Crippen molar-refractivity contribution in [3.8, 4) is 0 Å². The van der Waals surface area contributed by atoms with Gasteiger partial charge in [0.25, 0.3) is 0 Å². The van der Waals surface area contributed by atoms with Crippen molar-refractivity contribution in [1.29, 1.82) is 0 Å². The normalized spacial score (nSPS) is 12.3. The second-order valence-electron chi connectivity index (χ2n) is 6.15. The molecular weight excluding hydrogens is 234 g/mol. The van der Waals surface area contributed by atoms with E-state index >= 15 is 0 Å². The summed E-state index contributed by atoms with van der Waals surface area (Å²) >= 11 is 0. The van der Waals surface area contributed by atoms with E-state index in [1.165, 1.54) is 11.1 Å². The van der Waals surface area contributed by atoms with E-state index in [1.807, 2.05) is 0 Å². The Kier molecular flexibility index (Phi) is 3.95. The fourth-order valence-corrected chi connectivity index (χ4v) is 2.43. The summed E-state index contributed by atoms with van der Waals surface area (Å²) < 4.78 is 2.26. The van der Waals surface area contributed by atoms with Gasteiger partial charge >= 0.3 is 0 Å². The summed E-state index contributed by atoms with van der Waals surface area (Å²) in [5.74, 6) is 1.10. The van der Waals surface area contributed by atoms with Gasteiger partial charge in [0.15, 0.2) is 0 Å². The van der Waals surface area contributed by atoms with Gasteiger partial charge in [0, 0.05) is 12.1 Å². The van der Waals surface area contributed by atoms with Gasteiger partial charge in [0.2, 0.25) is 0 Å². The molecule has 3 nitrogen and oxygen atoms in total. The first kappa shape index (κ1) is 14.1. The van der Waals surface area contributed by atoms with E-state index < -0.39 is 0 Å². The molecule has 104 valence electrons. The maximum Gasteiger partial charge on any atom is 0.106 e. The minimum absolute atomic E-state index is 0.185. The number of rotatable bonds is 4. The second-order valence-corrected chi connectivity index (χ2v) is 6.15. The van der Waals surface area contributed by atoms with E-state index in [-0.39, 0.29) is 5.54 Å². The standard InChI is InChI=1S/C16H25N3/c1-6-19-12(2)18-14-11-13(7-8-15(14)19)9-10-17-16(3,4)5/h7-8,11,17H,6,9-10H2,1-5H3. The predicted octanol–water partition coefficient (Wildman–Crippen LogP) is 3.30. The lowest BCUT2D eigenvalue weighted by atomic mass is 10.1. The summed E-state index contributed by atoms with van der Waals surface area (Å²) in [5.41, 5.74) is 3.90. The van der Waals surface area contributed by atoms with Crippen molar-refractivity contribution in [1.82, 2.24) is 14.9 Å². The summed E-state index contributed by atoms with van der Waals surface area (Å²) in [4.78, 5) is 4.64. The van der Waals surface area contributed by atoms with Crippen molar-refractivity contribution in [3.05, 3.63) is 29.6 Å². The number of hydrogen-bond acceptors (Lipinski definition) is 2. The lowest BCUT2D eigenvalue weighted by molar-refractivity contribution is 0.429. The highest BCUT2D eigenvalue weighted by atomic mass is 15.1. The first-order valence-corrected chi connectivity index (χ1v) is 7.11. The van der Waals surface area contributed by atoms with Gasteiger partial charge in [-0.15, -0.1) is 0 Å². The van der Waals surface area contributed by atoms with Crippen molar-refractivity contribution in [2.24, 2.45) is 0 Å². The van der Waals surface area contributed by atoms with Crippen molar-refractivity contribution < 1.29 is 0 Å². The van der Waals surface area contributed by atoms with Gasteiger partial charge in [-0.05, 0) is 65.3 Å². The molecule has 0 amide bonds. The molecule has 1 N–H and O–H groups in total. The van der Waals surface area contributed by atoms with E-state index in [2.05, 4.69) is 67.7 Å². The van der Waals surface area contributed by atoms with Gasteiger partial charge in [0.05, 0.1) is 11.0 Å². The smallest absolute Gasteiger partial charge is 0.106 e. The van der Waals surface area contributed by atoms with Crippen LogP contribution in [-0.4, -0.2) is 21.6 Å². The van der Waals surface area contributed by atoms with E-state index in [0.717, 1.165) is 30.9 Å². The highest BCUT2D eigenvalue weighted by molar-refractivity contribution is 5.76. The molecular formula is C16H25N3. The average molecular weight is 259 g/mol. The van der Waals surface area contributed by atoms with Gasteiger partial charge in [-0.25, -0.2) is 4.98 Å². The number of aryl methyl sites for hydroxylation is 2. The van der Waals surface area contributed by atoms with Gasteiger partial charge in [-0.3, -0.25) is 0 Å². The molecule has 3 heteroatoms. The zero-order valence-electron chi connectivity index (χ0n) is 12.7.